The van der Waals surface area contributed by atoms with Gasteiger partial charge < -0.3 is 15.1 Å². The van der Waals surface area contributed by atoms with Gasteiger partial charge in [-0.2, -0.15) is 0 Å². The summed E-state index contributed by atoms with van der Waals surface area (Å²) in [6.07, 6.45) is -0.618. The molecule has 18 heavy (non-hydrogen) atoms. The fourth-order valence-electron chi connectivity index (χ4n) is 2.62. The van der Waals surface area contributed by atoms with E-state index >= 15 is 0 Å². The maximum Gasteiger partial charge on any atom is 0.307 e. The Morgan fingerprint density at radius 3 is 2.56 bits per heavy atom. The van der Waals surface area contributed by atoms with Crippen molar-refractivity contribution in [2.45, 2.75) is 25.9 Å². The molecule has 1 unspecified atom stereocenters. The molecule has 0 bridgehead atoms. The number of amides is 1. The van der Waals surface area contributed by atoms with E-state index in [1.165, 1.54) is 4.90 Å². The Balaban J connectivity index is 2.68. The van der Waals surface area contributed by atoms with Gasteiger partial charge in [0.15, 0.2) is 5.60 Å². The van der Waals surface area contributed by atoms with Gasteiger partial charge >= 0.3 is 5.97 Å². The highest BCUT2D eigenvalue weighted by Gasteiger charge is 2.50. The van der Waals surface area contributed by atoms with Crippen LogP contribution in [-0.2, 0) is 15.2 Å². The quantitative estimate of drug-likeness (QED) is 0.817. The summed E-state index contributed by atoms with van der Waals surface area (Å²) in [5, 5.41) is 19.3. The second-order valence-electron chi connectivity index (χ2n) is 4.77. The van der Waals surface area contributed by atoms with E-state index < -0.39 is 23.9 Å². The van der Waals surface area contributed by atoms with Gasteiger partial charge in [-0.05, 0) is 31.0 Å². The largest absolute Gasteiger partial charge is 0.481 e. The molecule has 0 radical (unpaired) electrons. The van der Waals surface area contributed by atoms with Crippen molar-refractivity contribution in [2.75, 3.05) is 11.9 Å². The zero-order valence-electron chi connectivity index (χ0n) is 10.5. The summed E-state index contributed by atoms with van der Waals surface area (Å²) in [4.78, 5) is 24.3. The van der Waals surface area contributed by atoms with Crippen LogP contribution in [0.3, 0.4) is 0 Å². The van der Waals surface area contributed by atoms with Crippen molar-refractivity contribution in [2.24, 2.45) is 0 Å². The standard InChI is InChI=1S/C13H15NO4/c1-7-4-8(2)11-9(5-7)14(3)12(17)13(11,18)6-10(15)16/h4-5,18H,6H2,1-3H3,(H,15,16). The Morgan fingerprint density at radius 2 is 2.00 bits per heavy atom. The number of rotatable bonds is 2. The van der Waals surface area contributed by atoms with Crippen molar-refractivity contribution < 1.29 is 19.8 Å². The van der Waals surface area contributed by atoms with Crippen LogP contribution >= 0.6 is 0 Å². The molecule has 96 valence electrons. The molecule has 5 nitrogen and oxygen atoms in total. The highest BCUT2D eigenvalue weighted by atomic mass is 16.4. The molecule has 5 heteroatoms. The number of carboxylic acids is 1. The second-order valence-corrected chi connectivity index (χ2v) is 4.77. The SMILES string of the molecule is Cc1cc(C)c2c(c1)N(C)C(=O)C2(O)CC(=O)O. The molecule has 0 spiro atoms. The Labute approximate surface area is 105 Å². The Morgan fingerprint density at radius 1 is 1.39 bits per heavy atom. The van der Waals surface area contributed by atoms with Crippen LogP contribution in [0.5, 0.6) is 0 Å². The fourth-order valence-corrected chi connectivity index (χ4v) is 2.62. The number of nitrogens with zero attached hydrogens (tertiary/aromatic N) is 1. The molecule has 1 amide bonds. The third-order valence-corrected chi connectivity index (χ3v) is 3.30. The van der Waals surface area contributed by atoms with Crippen LogP contribution in [0.2, 0.25) is 0 Å². The minimum Gasteiger partial charge on any atom is -0.481 e. The molecule has 0 fully saturated rings. The minimum absolute atomic E-state index is 0.406. The van der Waals surface area contributed by atoms with Gasteiger partial charge in [-0.1, -0.05) is 6.07 Å². The molecule has 0 aromatic heterocycles. The maximum atomic E-state index is 12.1. The van der Waals surface area contributed by atoms with Gasteiger partial charge in [-0.25, -0.2) is 0 Å². The van der Waals surface area contributed by atoms with Gasteiger partial charge in [-0.3, -0.25) is 9.59 Å². The van der Waals surface area contributed by atoms with Crippen LogP contribution in [0, 0.1) is 13.8 Å². The molecule has 1 atom stereocenters. The van der Waals surface area contributed by atoms with Crippen LogP contribution in [0.1, 0.15) is 23.1 Å². The lowest BCUT2D eigenvalue weighted by molar-refractivity contribution is -0.150. The normalized spacial score (nSPS) is 22.2. The molecule has 1 aliphatic rings. The van der Waals surface area contributed by atoms with Gasteiger partial charge in [0, 0.05) is 12.6 Å². The summed E-state index contributed by atoms with van der Waals surface area (Å²) in [5.41, 5.74) is 0.731. The van der Waals surface area contributed by atoms with Crippen molar-refractivity contribution in [3.8, 4) is 0 Å². The van der Waals surface area contributed by atoms with Crippen molar-refractivity contribution in [3.63, 3.8) is 0 Å². The number of aliphatic hydroxyl groups is 1. The van der Waals surface area contributed by atoms with E-state index in [1.54, 1.807) is 20.0 Å². The van der Waals surface area contributed by atoms with E-state index in [0.29, 0.717) is 11.3 Å². The summed E-state index contributed by atoms with van der Waals surface area (Å²) in [6.45, 7) is 3.66. The Hall–Kier alpha value is -1.88. The number of hydrogen-bond acceptors (Lipinski definition) is 3. The molecule has 0 saturated carbocycles. The molecule has 1 aliphatic heterocycles. The van der Waals surface area contributed by atoms with Crippen LogP contribution in [-0.4, -0.2) is 29.1 Å². The molecule has 1 aromatic carbocycles. The summed E-state index contributed by atoms with van der Waals surface area (Å²) >= 11 is 0. The van der Waals surface area contributed by atoms with Crippen LogP contribution in [0.4, 0.5) is 5.69 Å². The van der Waals surface area contributed by atoms with Crippen LogP contribution in [0.25, 0.3) is 0 Å². The molecule has 2 N–H and O–H groups in total. The highest BCUT2D eigenvalue weighted by Crippen LogP contribution is 2.43. The number of fused-ring (bicyclic) bond motifs is 1. The molecule has 1 heterocycles. The maximum absolute atomic E-state index is 12.1. The third-order valence-electron chi connectivity index (χ3n) is 3.30. The summed E-state index contributed by atoms with van der Waals surface area (Å²) in [6, 6.07) is 3.61. The fraction of sp³-hybridized carbons (Fsp3) is 0.385. The van der Waals surface area contributed by atoms with Gasteiger partial charge in [0.2, 0.25) is 0 Å². The number of anilines is 1. The first-order valence-corrected chi connectivity index (χ1v) is 5.61. The van der Waals surface area contributed by atoms with Gasteiger partial charge in [0.25, 0.3) is 5.91 Å². The van der Waals surface area contributed by atoms with Crippen molar-refractivity contribution in [1.82, 2.24) is 0 Å². The molecule has 1 aromatic rings. The average Bonchev–Trinajstić information content (AvgIpc) is 2.40. The highest BCUT2D eigenvalue weighted by molar-refractivity contribution is 6.08. The lowest BCUT2D eigenvalue weighted by Crippen LogP contribution is -2.40. The van der Waals surface area contributed by atoms with E-state index in [-0.39, 0.29) is 0 Å². The van der Waals surface area contributed by atoms with E-state index in [1.807, 2.05) is 13.0 Å². The predicted octanol–water partition coefficient (Wildman–Crippen LogP) is 0.942. The first-order valence-electron chi connectivity index (χ1n) is 5.61. The average molecular weight is 249 g/mol. The number of hydrogen-bond donors (Lipinski definition) is 2. The van der Waals surface area contributed by atoms with Crippen molar-refractivity contribution in [1.29, 1.82) is 0 Å². The molecule has 0 saturated heterocycles. The first kappa shape index (κ1) is 12.6. The molecule has 0 aliphatic carbocycles. The lowest BCUT2D eigenvalue weighted by Gasteiger charge is -2.20. The topological polar surface area (TPSA) is 77.8 Å². The number of carbonyl (C=O) groups is 2. The zero-order chi connectivity index (χ0) is 13.7. The minimum atomic E-state index is -1.95. The molecule has 2 rings (SSSR count). The van der Waals surface area contributed by atoms with Gasteiger partial charge in [0.05, 0.1) is 12.1 Å². The number of aliphatic carboxylic acids is 1. The van der Waals surface area contributed by atoms with Gasteiger partial charge in [0.1, 0.15) is 0 Å². The Kier molecular flexibility index (Phi) is 2.66. The Bertz CT molecular complexity index is 552. The van der Waals surface area contributed by atoms with E-state index in [9.17, 15) is 14.7 Å². The summed E-state index contributed by atoms with van der Waals surface area (Å²) in [7, 11) is 1.54. The lowest BCUT2D eigenvalue weighted by atomic mass is 9.88. The number of aryl methyl sites for hydroxylation is 2. The van der Waals surface area contributed by atoms with Crippen LogP contribution in [0.15, 0.2) is 12.1 Å². The first-order chi connectivity index (χ1) is 8.27. The zero-order valence-corrected chi connectivity index (χ0v) is 10.5. The summed E-state index contributed by atoms with van der Waals surface area (Å²) in [5.74, 6) is -1.79. The molecular weight excluding hydrogens is 234 g/mol. The van der Waals surface area contributed by atoms with Crippen molar-refractivity contribution >= 4 is 17.6 Å². The van der Waals surface area contributed by atoms with Crippen LogP contribution < -0.4 is 4.90 Å². The van der Waals surface area contributed by atoms with Crippen molar-refractivity contribution in [3.05, 3.63) is 28.8 Å². The second kappa shape index (κ2) is 3.81. The molecular formula is C13H15NO4. The van der Waals surface area contributed by atoms with Gasteiger partial charge in [-0.15, -0.1) is 0 Å². The number of carbonyl (C=O) groups excluding carboxylic acids is 1. The van der Waals surface area contributed by atoms with E-state index in [0.717, 1.165) is 11.1 Å². The summed E-state index contributed by atoms with van der Waals surface area (Å²) < 4.78 is 0. The monoisotopic (exact) mass is 249 g/mol. The smallest absolute Gasteiger partial charge is 0.307 e. The predicted molar refractivity (Wildman–Crippen MR) is 65.5 cm³/mol. The van der Waals surface area contributed by atoms with E-state index in [4.69, 9.17) is 5.11 Å². The number of likely N-dealkylation sites (N-methyl/N-ethyl adjacent to an activating group) is 1. The third kappa shape index (κ3) is 1.59. The number of benzene rings is 1. The van der Waals surface area contributed by atoms with E-state index in [2.05, 4.69) is 0 Å². The number of carboxylic acid groups (broad SMARTS) is 1.